The number of ether oxygens (including phenoxy) is 1. The van der Waals surface area contributed by atoms with Gasteiger partial charge in [-0.25, -0.2) is 13.6 Å². The van der Waals surface area contributed by atoms with Gasteiger partial charge < -0.3 is 9.64 Å². The first kappa shape index (κ1) is 18.8. The van der Waals surface area contributed by atoms with E-state index in [0.29, 0.717) is 12.8 Å². The molecule has 0 aromatic heterocycles. The Morgan fingerprint density at radius 1 is 1.12 bits per heavy atom. The molecule has 2 aliphatic rings. The highest BCUT2D eigenvalue weighted by atomic mass is 19.1. The van der Waals surface area contributed by atoms with Crippen molar-refractivity contribution < 1.29 is 23.1 Å². The maximum atomic E-state index is 14.0. The van der Waals surface area contributed by atoms with Gasteiger partial charge in [-0.1, -0.05) is 0 Å². The van der Waals surface area contributed by atoms with Crippen LogP contribution in [0.25, 0.3) is 0 Å². The lowest BCUT2D eigenvalue weighted by Gasteiger charge is -2.48. The van der Waals surface area contributed by atoms with E-state index in [1.807, 2.05) is 20.8 Å². The smallest absolute Gasteiger partial charge is 0.410 e. The van der Waals surface area contributed by atoms with E-state index in [9.17, 15) is 18.4 Å². The largest absolute Gasteiger partial charge is 0.444 e. The molecule has 0 saturated carbocycles. The van der Waals surface area contributed by atoms with Crippen LogP contribution in [0.15, 0.2) is 18.2 Å². The van der Waals surface area contributed by atoms with Gasteiger partial charge in [-0.05, 0) is 71.1 Å². The molecular weight excluding hydrogens is 340 g/mol. The number of Topliss-reactive ketones (excluding diaryl/α,β-unsaturated/α-hetero) is 1. The summed E-state index contributed by atoms with van der Waals surface area (Å²) in [6.45, 7) is 5.47. The van der Waals surface area contributed by atoms with E-state index in [1.165, 1.54) is 0 Å². The summed E-state index contributed by atoms with van der Waals surface area (Å²) in [6.07, 6.45) is 3.16. The first-order chi connectivity index (χ1) is 12.2. The third kappa shape index (κ3) is 3.89. The molecule has 0 spiro atoms. The fourth-order valence-corrected chi connectivity index (χ4v) is 4.11. The number of carbonyl (C=O) groups excluding carboxylic acids is 2. The number of ketones is 1. The van der Waals surface area contributed by atoms with Gasteiger partial charge in [0.05, 0.1) is 5.56 Å². The van der Waals surface area contributed by atoms with Gasteiger partial charge in [0.2, 0.25) is 0 Å². The van der Waals surface area contributed by atoms with Crippen LogP contribution in [0, 0.1) is 17.6 Å². The van der Waals surface area contributed by atoms with Crippen molar-refractivity contribution in [3.05, 3.63) is 35.4 Å². The highest BCUT2D eigenvalue weighted by Gasteiger charge is 2.44. The Balaban J connectivity index is 1.78. The number of fused-ring (bicyclic) bond motifs is 2. The van der Waals surface area contributed by atoms with E-state index >= 15 is 0 Å². The van der Waals surface area contributed by atoms with Crippen LogP contribution >= 0.6 is 0 Å². The van der Waals surface area contributed by atoms with Crippen molar-refractivity contribution in [2.24, 2.45) is 5.92 Å². The minimum atomic E-state index is -0.698. The van der Waals surface area contributed by atoms with Crippen LogP contribution in [0.1, 0.15) is 63.2 Å². The van der Waals surface area contributed by atoms with Crippen molar-refractivity contribution in [3.8, 4) is 0 Å². The minimum Gasteiger partial charge on any atom is -0.444 e. The number of hydrogen-bond acceptors (Lipinski definition) is 3. The van der Waals surface area contributed by atoms with E-state index in [-0.39, 0.29) is 29.5 Å². The Kier molecular flexibility index (Phi) is 5.04. The van der Waals surface area contributed by atoms with Gasteiger partial charge in [0.1, 0.15) is 17.2 Å². The summed E-state index contributed by atoms with van der Waals surface area (Å²) in [5.74, 6) is -2.10. The molecule has 2 unspecified atom stereocenters. The Morgan fingerprint density at radius 2 is 1.73 bits per heavy atom. The minimum absolute atomic E-state index is 0.0945. The Hall–Kier alpha value is -1.98. The van der Waals surface area contributed by atoms with Crippen LogP contribution in [-0.4, -0.2) is 34.5 Å². The zero-order valence-corrected chi connectivity index (χ0v) is 15.4. The molecule has 0 N–H and O–H groups in total. The molecule has 4 nitrogen and oxygen atoms in total. The zero-order chi connectivity index (χ0) is 19.1. The first-order valence-electron chi connectivity index (χ1n) is 9.16. The summed E-state index contributed by atoms with van der Waals surface area (Å²) in [5, 5.41) is 0. The summed E-state index contributed by atoms with van der Waals surface area (Å²) >= 11 is 0. The molecule has 2 saturated heterocycles. The Bertz CT molecular complexity index is 699. The predicted octanol–water partition coefficient (Wildman–Crippen LogP) is 4.72. The molecule has 2 aliphatic heterocycles. The molecule has 2 fully saturated rings. The molecule has 6 heteroatoms. The molecule has 142 valence electrons. The highest BCUT2D eigenvalue weighted by molar-refractivity contribution is 5.98. The van der Waals surface area contributed by atoms with Crippen LogP contribution in [0.4, 0.5) is 13.6 Å². The molecule has 26 heavy (non-hydrogen) atoms. The third-order valence-corrected chi connectivity index (χ3v) is 5.14. The lowest BCUT2D eigenvalue weighted by atomic mass is 9.76. The van der Waals surface area contributed by atoms with E-state index in [2.05, 4.69) is 0 Å². The fourth-order valence-electron chi connectivity index (χ4n) is 4.11. The van der Waals surface area contributed by atoms with Crippen molar-refractivity contribution >= 4 is 11.9 Å². The van der Waals surface area contributed by atoms with Gasteiger partial charge in [0.25, 0.3) is 0 Å². The lowest BCUT2D eigenvalue weighted by molar-refractivity contribution is -0.0261. The Labute approximate surface area is 152 Å². The molecular formula is C20H25F2NO3. The number of rotatable bonds is 2. The van der Waals surface area contributed by atoms with E-state index in [1.54, 1.807) is 4.90 Å². The maximum absolute atomic E-state index is 14.0. The standard InChI is InChI=1S/C20H25F2NO3/c1-20(2,3)26-19(25)23-14-5-4-6-15(23)10-12(9-14)18(24)16-11-13(21)7-8-17(16)22/h7-8,11-12,14-15H,4-6,9-10H2,1-3H3. The van der Waals surface area contributed by atoms with Crippen LogP contribution in [0.2, 0.25) is 0 Å². The highest BCUT2D eigenvalue weighted by Crippen LogP contribution is 2.39. The molecule has 0 aliphatic carbocycles. The summed E-state index contributed by atoms with van der Waals surface area (Å²) < 4.78 is 32.9. The van der Waals surface area contributed by atoms with Crippen LogP contribution in [0.5, 0.6) is 0 Å². The number of amides is 1. The number of halogens is 2. The van der Waals surface area contributed by atoms with Crippen LogP contribution in [0.3, 0.4) is 0 Å². The molecule has 1 amide bonds. The molecule has 0 radical (unpaired) electrons. The van der Waals surface area contributed by atoms with Crippen molar-refractivity contribution in [3.63, 3.8) is 0 Å². The van der Waals surface area contributed by atoms with Crippen LogP contribution in [-0.2, 0) is 4.74 Å². The van der Waals surface area contributed by atoms with Gasteiger partial charge in [-0.2, -0.15) is 0 Å². The van der Waals surface area contributed by atoms with Crippen molar-refractivity contribution in [2.75, 3.05) is 0 Å². The maximum Gasteiger partial charge on any atom is 0.410 e. The summed E-state index contributed by atoms with van der Waals surface area (Å²) in [6, 6.07) is 2.77. The van der Waals surface area contributed by atoms with Crippen molar-refractivity contribution in [1.29, 1.82) is 0 Å². The SMILES string of the molecule is CC(C)(C)OC(=O)N1C2CCCC1CC(C(=O)c1cc(F)ccc1F)C2. The van der Waals surface area contributed by atoms with Gasteiger partial charge in [0.15, 0.2) is 5.78 Å². The lowest BCUT2D eigenvalue weighted by Crippen LogP contribution is -2.56. The molecule has 1 aromatic carbocycles. The second-order valence-electron chi connectivity index (χ2n) is 8.28. The fraction of sp³-hybridized carbons (Fsp3) is 0.600. The van der Waals surface area contributed by atoms with Crippen molar-refractivity contribution in [1.82, 2.24) is 4.90 Å². The molecule has 2 atom stereocenters. The Morgan fingerprint density at radius 3 is 2.31 bits per heavy atom. The predicted molar refractivity (Wildman–Crippen MR) is 92.9 cm³/mol. The van der Waals surface area contributed by atoms with Gasteiger partial charge in [0, 0.05) is 18.0 Å². The van der Waals surface area contributed by atoms with E-state index < -0.39 is 23.2 Å². The molecule has 1 aromatic rings. The summed E-state index contributed by atoms with van der Waals surface area (Å²) in [5.41, 5.74) is -0.776. The zero-order valence-electron chi connectivity index (χ0n) is 15.4. The number of piperidine rings is 2. The third-order valence-electron chi connectivity index (χ3n) is 5.14. The summed E-state index contributed by atoms with van der Waals surface area (Å²) in [7, 11) is 0. The average molecular weight is 365 g/mol. The van der Waals surface area contributed by atoms with Gasteiger partial charge in [-0.3, -0.25) is 4.79 Å². The first-order valence-corrected chi connectivity index (χ1v) is 9.16. The molecule has 2 heterocycles. The topological polar surface area (TPSA) is 46.6 Å². The van der Waals surface area contributed by atoms with E-state index in [0.717, 1.165) is 37.5 Å². The number of carbonyl (C=O) groups is 2. The molecule has 2 bridgehead atoms. The average Bonchev–Trinajstić information content (AvgIpc) is 2.53. The summed E-state index contributed by atoms with van der Waals surface area (Å²) in [4.78, 5) is 27.1. The van der Waals surface area contributed by atoms with Crippen molar-refractivity contribution in [2.45, 2.75) is 70.6 Å². The number of hydrogen-bond donors (Lipinski definition) is 0. The van der Waals surface area contributed by atoms with Crippen LogP contribution < -0.4 is 0 Å². The number of benzene rings is 1. The van der Waals surface area contributed by atoms with Gasteiger partial charge in [-0.15, -0.1) is 0 Å². The second-order valence-corrected chi connectivity index (χ2v) is 8.28. The van der Waals surface area contributed by atoms with Gasteiger partial charge >= 0.3 is 6.09 Å². The quantitative estimate of drug-likeness (QED) is 0.713. The monoisotopic (exact) mass is 365 g/mol. The molecule has 3 rings (SSSR count). The number of nitrogens with zero attached hydrogens (tertiary/aromatic N) is 1. The second kappa shape index (κ2) is 6.97. The normalized spacial score (nSPS) is 25.7. The van der Waals surface area contributed by atoms with E-state index in [4.69, 9.17) is 4.74 Å².